The third-order valence-electron chi connectivity index (χ3n) is 3.13. The van der Waals surface area contributed by atoms with Gasteiger partial charge in [-0.1, -0.05) is 70.7 Å². The van der Waals surface area contributed by atoms with Gasteiger partial charge in [0, 0.05) is 0 Å². The lowest BCUT2D eigenvalue weighted by molar-refractivity contribution is 0.416. The summed E-state index contributed by atoms with van der Waals surface area (Å²) in [6, 6.07) is 14.0. The van der Waals surface area contributed by atoms with Gasteiger partial charge in [-0.2, -0.15) is 0 Å². The van der Waals surface area contributed by atoms with E-state index >= 15 is 0 Å². The van der Waals surface area contributed by atoms with Crippen molar-refractivity contribution in [2.24, 2.45) is 9.98 Å². The van der Waals surface area contributed by atoms with Crippen LogP contribution < -0.4 is 9.47 Å². The fraction of sp³-hybridized carbons (Fsp3) is 0.176. The Bertz CT molecular complexity index is 741. The maximum absolute atomic E-state index is 6.29. The Kier molecular flexibility index (Phi) is 6.96. The quantitative estimate of drug-likeness (QED) is 0.418. The van der Waals surface area contributed by atoms with Crippen molar-refractivity contribution >= 4 is 68.1 Å². The Morgan fingerprint density at radius 2 is 1.12 bits per heavy atom. The van der Waals surface area contributed by atoms with Gasteiger partial charge in [-0.15, -0.1) is 0 Å². The standard InChI is InChI=1S/C17H14Cl4N2O2/c1-24-13-9-5-3-7-11(13)22-15(18)17(20,21)16(19)23-12-8-4-6-10-14(12)25-2/h3-10H,1-2H3/b22-15-,23-16+. The summed E-state index contributed by atoms with van der Waals surface area (Å²) < 4.78 is 8.60. The molecule has 2 aromatic rings. The highest BCUT2D eigenvalue weighted by atomic mass is 35.5. The molecule has 2 rings (SSSR count). The molecule has 4 nitrogen and oxygen atoms in total. The molecule has 0 fully saturated rings. The van der Waals surface area contributed by atoms with E-state index in [0.29, 0.717) is 22.9 Å². The molecule has 0 aromatic heterocycles. The largest absolute Gasteiger partial charge is 0.494 e. The molecular formula is C17H14Cl4N2O2. The zero-order valence-corrected chi connectivity index (χ0v) is 16.4. The van der Waals surface area contributed by atoms with Crippen molar-refractivity contribution < 1.29 is 9.47 Å². The van der Waals surface area contributed by atoms with Crippen molar-refractivity contribution in [3.8, 4) is 11.5 Å². The Labute approximate surface area is 166 Å². The van der Waals surface area contributed by atoms with E-state index in [9.17, 15) is 0 Å². The molecule has 0 aliphatic rings. The topological polar surface area (TPSA) is 43.2 Å². The number of hydrogen-bond acceptors (Lipinski definition) is 4. The van der Waals surface area contributed by atoms with Crippen LogP contribution in [0.3, 0.4) is 0 Å². The fourth-order valence-electron chi connectivity index (χ4n) is 1.88. The van der Waals surface area contributed by atoms with Gasteiger partial charge in [-0.05, 0) is 24.3 Å². The Morgan fingerprint density at radius 3 is 1.48 bits per heavy atom. The lowest BCUT2D eigenvalue weighted by Crippen LogP contribution is -2.28. The summed E-state index contributed by atoms with van der Waals surface area (Å²) in [5.41, 5.74) is 0.921. The van der Waals surface area contributed by atoms with Crippen LogP contribution in [0.5, 0.6) is 11.5 Å². The van der Waals surface area contributed by atoms with Gasteiger partial charge in [0.15, 0.2) is 0 Å². The maximum Gasteiger partial charge on any atom is 0.222 e. The van der Waals surface area contributed by atoms with Crippen LogP contribution in [-0.2, 0) is 0 Å². The highest BCUT2D eigenvalue weighted by Crippen LogP contribution is 2.36. The second-order valence-electron chi connectivity index (χ2n) is 4.72. The van der Waals surface area contributed by atoms with E-state index in [0.717, 1.165) is 0 Å². The molecule has 0 aliphatic carbocycles. The summed E-state index contributed by atoms with van der Waals surface area (Å²) in [7, 11) is 3.04. The Hall–Kier alpha value is -1.46. The molecule has 0 radical (unpaired) electrons. The molecule has 0 aliphatic heterocycles. The maximum atomic E-state index is 6.29. The molecule has 0 saturated carbocycles. The number of benzene rings is 2. The normalized spacial score (nSPS) is 12.9. The van der Waals surface area contributed by atoms with Gasteiger partial charge < -0.3 is 9.47 Å². The molecule has 25 heavy (non-hydrogen) atoms. The summed E-state index contributed by atoms with van der Waals surface area (Å²) in [6.07, 6.45) is 0. The number of hydrogen-bond donors (Lipinski definition) is 0. The third-order valence-corrected chi connectivity index (χ3v) is 4.96. The average Bonchev–Trinajstić information content (AvgIpc) is 2.62. The zero-order valence-electron chi connectivity index (χ0n) is 13.3. The molecule has 0 bridgehead atoms. The monoisotopic (exact) mass is 418 g/mol. The molecule has 8 heteroatoms. The molecule has 2 aromatic carbocycles. The number of aliphatic imine (C=N–C) groups is 2. The van der Waals surface area contributed by atoms with Gasteiger partial charge in [-0.25, -0.2) is 9.98 Å². The summed E-state index contributed by atoms with van der Waals surface area (Å²) in [5, 5.41) is -0.326. The van der Waals surface area contributed by atoms with Crippen LogP contribution in [0.2, 0.25) is 0 Å². The van der Waals surface area contributed by atoms with E-state index in [2.05, 4.69) is 9.98 Å². The van der Waals surface area contributed by atoms with Gasteiger partial charge in [0.2, 0.25) is 4.33 Å². The second kappa shape index (κ2) is 8.77. The summed E-state index contributed by atoms with van der Waals surface area (Å²) >= 11 is 25.0. The molecule has 0 N–H and O–H groups in total. The molecule has 132 valence electrons. The van der Waals surface area contributed by atoms with Crippen molar-refractivity contribution in [2.45, 2.75) is 4.33 Å². The van der Waals surface area contributed by atoms with E-state index in [1.165, 1.54) is 14.2 Å². The second-order valence-corrected chi connectivity index (χ2v) is 6.77. The first-order valence-electron chi connectivity index (χ1n) is 7.03. The van der Waals surface area contributed by atoms with Gasteiger partial charge in [0.25, 0.3) is 0 Å². The van der Waals surface area contributed by atoms with Crippen molar-refractivity contribution in [1.82, 2.24) is 0 Å². The molecule has 0 atom stereocenters. The first-order chi connectivity index (χ1) is 11.9. The Balaban J connectivity index is 2.39. The third kappa shape index (κ3) is 4.79. The van der Waals surface area contributed by atoms with E-state index < -0.39 is 4.33 Å². The minimum absolute atomic E-state index is 0.163. The van der Waals surface area contributed by atoms with Gasteiger partial charge in [0.05, 0.1) is 14.2 Å². The van der Waals surface area contributed by atoms with E-state index in [1.54, 1.807) is 48.5 Å². The zero-order chi connectivity index (χ0) is 18.4. The summed E-state index contributed by atoms with van der Waals surface area (Å²) in [5.74, 6) is 1.03. The highest BCUT2D eigenvalue weighted by Gasteiger charge is 2.36. The number of ether oxygens (including phenoxy) is 2. The lowest BCUT2D eigenvalue weighted by atomic mass is 10.3. The molecule has 0 heterocycles. The van der Waals surface area contributed by atoms with Gasteiger partial charge >= 0.3 is 0 Å². The molecule has 0 spiro atoms. The minimum atomic E-state index is -1.83. The smallest absolute Gasteiger partial charge is 0.222 e. The van der Waals surface area contributed by atoms with Crippen LogP contribution >= 0.6 is 46.4 Å². The molecule has 0 unspecified atom stereocenters. The van der Waals surface area contributed by atoms with E-state index in [1.807, 2.05) is 0 Å². The van der Waals surface area contributed by atoms with Crippen LogP contribution in [0.15, 0.2) is 58.5 Å². The predicted molar refractivity (Wildman–Crippen MR) is 106 cm³/mol. The average molecular weight is 420 g/mol. The number of rotatable bonds is 6. The molecular weight excluding hydrogens is 406 g/mol. The van der Waals surface area contributed by atoms with Crippen LogP contribution in [0.25, 0.3) is 0 Å². The number of para-hydroxylation sites is 4. The molecule has 0 saturated heterocycles. The number of methoxy groups -OCH3 is 2. The molecule has 0 amide bonds. The Morgan fingerprint density at radius 1 is 0.760 bits per heavy atom. The number of alkyl halides is 2. The SMILES string of the molecule is COc1ccccc1/N=C(\Cl)C(Cl)(Cl)/C(Cl)=N\c1ccccc1OC. The number of halogens is 4. The number of nitrogens with zero attached hydrogens (tertiary/aromatic N) is 2. The van der Waals surface area contributed by atoms with Crippen molar-refractivity contribution in [1.29, 1.82) is 0 Å². The van der Waals surface area contributed by atoms with Crippen molar-refractivity contribution in [3.63, 3.8) is 0 Å². The first-order valence-corrected chi connectivity index (χ1v) is 8.54. The summed E-state index contributed by atoms with van der Waals surface area (Å²) in [4.78, 5) is 8.41. The van der Waals surface area contributed by atoms with Crippen LogP contribution in [0, 0.1) is 0 Å². The van der Waals surface area contributed by atoms with Crippen LogP contribution in [-0.4, -0.2) is 28.9 Å². The first kappa shape index (κ1) is 19.9. The predicted octanol–water partition coefficient (Wildman–Crippen LogP) is 6.12. The summed E-state index contributed by atoms with van der Waals surface area (Å²) in [6.45, 7) is 0. The van der Waals surface area contributed by atoms with Crippen LogP contribution in [0.4, 0.5) is 11.4 Å². The van der Waals surface area contributed by atoms with Gasteiger partial charge in [0.1, 0.15) is 33.2 Å². The fourth-order valence-corrected chi connectivity index (χ4v) is 2.46. The van der Waals surface area contributed by atoms with Crippen LogP contribution in [0.1, 0.15) is 0 Å². The van der Waals surface area contributed by atoms with Crippen molar-refractivity contribution in [2.75, 3.05) is 14.2 Å². The highest BCUT2D eigenvalue weighted by molar-refractivity contribution is 6.93. The van der Waals surface area contributed by atoms with E-state index in [-0.39, 0.29) is 10.3 Å². The lowest BCUT2D eigenvalue weighted by Gasteiger charge is -2.17. The van der Waals surface area contributed by atoms with E-state index in [4.69, 9.17) is 55.9 Å². The van der Waals surface area contributed by atoms with Crippen molar-refractivity contribution in [3.05, 3.63) is 48.5 Å². The minimum Gasteiger partial charge on any atom is -0.494 e. The van der Waals surface area contributed by atoms with Gasteiger partial charge in [-0.3, -0.25) is 0 Å².